The summed E-state index contributed by atoms with van der Waals surface area (Å²) in [4.78, 5) is 12.3. The quantitative estimate of drug-likeness (QED) is 0.476. The normalized spacial score (nSPS) is 10.8. The highest BCUT2D eigenvalue weighted by Crippen LogP contribution is 2.24. The van der Waals surface area contributed by atoms with Gasteiger partial charge in [0.2, 0.25) is 5.16 Å². The molecule has 2 aromatic carbocycles. The number of rotatable bonds is 5. The molecule has 0 saturated heterocycles. The molecule has 24 heavy (non-hydrogen) atoms. The topological polar surface area (TPSA) is 60.7 Å². The van der Waals surface area contributed by atoms with Crippen molar-refractivity contribution < 1.29 is 4.79 Å². The van der Waals surface area contributed by atoms with E-state index < -0.39 is 0 Å². The first-order chi connectivity index (χ1) is 11.6. The number of benzene rings is 2. The Balaban J connectivity index is 1.79. The van der Waals surface area contributed by atoms with E-state index in [4.69, 9.17) is 0 Å². The van der Waals surface area contributed by atoms with Crippen molar-refractivity contribution in [3.05, 3.63) is 63.6 Å². The predicted octanol–water partition coefficient (Wildman–Crippen LogP) is 4.02. The van der Waals surface area contributed by atoms with Gasteiger partial charge in [0.25, 0.3) is 0 Å². The molecular weight excluding hydrogens is 388 g/mol. The summed E-state index contributed by atoms with van der Waals surface area (Å²) in [5.74, 6) is 0.330. The van der Waals surface area contributed by atoms with Crippen LogP contribution in [0.25, 0.3) is 5.69 Å². The molecule has 122 valence electrons. The minimum absolute atomic E-state index is 0.0450. The second-order valence-electron chi connectivity index (χ2n) is 5.33. The van der Waals surface area contributed by atoms with Gasteiger partial charge in [0.1, 0.15) is 0 Å². The zero-order valence-corrected chi connectivity index (χ0v) is 15.6. The van der Waals surface area contributed by atoms with Gasteiger partial charge in [0.05, 0.1) is 11.4 Å². The van der Waals surface area contributed by atoms with Crippen molar-refractivity contribution in [1.29, 1.82) is 0 Å². The van der Waals surface area contributed by atoms with Crippen LogP contribution >= 0.6 is 27.7 Å². The summed E-state index contributed by atoms with van der Waals surface area (Å²) in [6.45, 7) is 4.04. The van der Waals surface area contributed by atoms with Crippen molar-refractivity contribution in [2.75, 3.05) is 5.75 Å². The van der Waals surface area contributed by atoms with E-state index in [-0.39, 0.29) is 11.5 Å². The molecule has 1 aromatic heterocycles. The van der Waals surface area contributed by atoms with Gasteiger partial charge in [0.15, 0.2) is 5.78 Å². The molecule has 0 bridgehead atoms. The molecule has 0 amide bonds. The molecule has 3 aromatic rings. The smallest absolute Gasteiger partial charge is 0.214 e. The highest BCUT2D eigenvalue weighted by Gasteiger charge is 2.15. The molecule has 0 aliphatic heterocycles. The minimum Gasteiger partial charge on any atom is -0.293 e. The number of hydrogen-bond donors (Lipinski definition) is 0. The number of carbonyl (C=O) groups excluding carboxylic acids is 1. The predicted molar refractivity (Wildman–Crippen MR) is 97.8 cm³/mol. The van der Waals surface area contributed by atoms with Crippen LogP contribution in [-0.2, 0) is 0 Å². The monoisotopic (exact) mass is 402 g/mol. The van der Waals surface area contributed by atoms with Gasteiger partial charge in [0, 0.05) is 10.0 Å². The highest BCUT2D eigenvalue weighted by molar-refractivity contribution is 9.10. The molecule has 0 aliphatic rings. The first-order valence-electron chi connectivity index (χ1n) is 7.33. The molecule has 0 saturated carbocycles. The Hall–Kier alpha value is -1.99. The van der Waals surface area contributed by atoms with E-state index in [9.17, 15) is 4.79 Å². The highest BCUT2D eigenvalue weighted by atomic mass is 79.9. The number of tetrazole rings is 1. The fraction of sp³-hybridized carbons (Fsp3) is 0.176. The first kappa shape index (κ1) is 16.9. The first-order valence-corrected chi connectivity index (χ1v) is 9.10. The zero-order chi connectivity index (χ0) is 17.1. The average Bonchev–Trinajstić information content (AvgIpc) is 3.01. The van der Waals surface area contributed by atoms with Crippen molar-refractivity contribution in [3.63, 3.8) is 0 Å². The Morgan fingerprint density at radius 2 is 1.79 bits per heavy atom. The van der Waals surface area contributed by atoms with Gasteiger partial charge in [-0.1, -0.05) is 58.0 Å². The Kier molecular flexibility index (Phi) is 5.11. The molecular formula is C17H15BrN4OS. The van der Waals surface area contributed by atoms with Crippen LogP contribution in [0.4, 0.5) is 0 Å². The standard InChI is InChI=1S/C17H15BrN4OS/c1-11-4-3-5-12(2)16(11)22-17(19-20-21-22)24-10-15(23)13-6-8-14(18)9-7-13/h3-9H,10H2,1-2H3. The average molecular weight is 403 g/mol. The van der Waals surface area contributed by atoms with Gasteiger partial charge in [-0.3, -0.25) is 4.79 Å². The largest absolute Gasteiger partial charge is 0.293 e. The molecule has 7 heteroatoms. The SMILES string of the molecule is Cc1cccc(C)c1-n1nnnc1SCC(=O)c1ccc(Br)cc1. The van der Waals surface area contributed by atoms with Crippen LogP contribution < -0.4 is 0 Å². The van der Waals surface area contributed by atoms with E-state index in [0.29, 0.717) is 10.7 Å². The number of aryl methyl sites for hydroxylation is 2. The van der Waals surface area contributed by atoms with Crippen molar-refractivity contribution in [2.24, 2.45) is 0 Å². The third-order valence-corrected chi connectivity index (χ3v) is 5.04. The number of aromatic nitrogens is 4. The second kappa shape index (κ2) is 7.27. The molecule has 0 spiro atoms. The summed E-state index contributed by atoms with van der Waals surface area (Å²) in [5, 5.41) is 12.5. The number of para-hydroxylation sites is 1. The number of Topliss-reactive ketones (excluding diaryl/α,β-unsaturated/α-hetero) is 1. The lowest BCUT2D eigenvalue weighted by Gasteiger charge is -2.10. The summed E-state index contributed by atoms with van der Waals surface area (Å²) < 4.78 is 2.65. The van der Waals surface area contributed by atoms with Gasteiger partial charge in [-0.05, 0) is 47.5 Å². The van der Waals surface area contributed by atoms with Crippen LogP contribution in [0.3, 0.4) is 0 Å². The number of carbonyl (C=O) groups is 1. The molecule has 0 radical (unpaired) electrons. The van der Waals surface area contributed by atoms with Crippen molar-refractivity contribution in [3.8, 4) is 5.69 Å². The van der Waals surface area contributed by atoms with Crippen molar-refractivity contribution in [1.82, 2.24) is 20.2 Å². The summed E-state index contributed by atoms with van der Waals surface area (Å²) in [7, 11) is 0. The second-order valence-corrected chi connectivity index (χ2v) is 7.19. The van der Waals surface area contributed by atoms with Gasteiger partial charge >= 0.3 is 0 Å². The Morgan fingerprint density at radius 3 is 2.46 bits per heavy atom. The molecule has 1 heterocycles. The number of ketones is 1. The molecule has 0 fully saturated rings. The molecule has 0 unspecified atom stereocenters. The maximum atomic E-state index is 12.3. The number of thioether (sulfide) groups is 1. The van der Waals surface area contributed by atoms with Crippen molar-refractivity contribution >= 4 is 33.5 Å². The van der Waals surface area contributed by atoms with E-state index in [0.717, 1.165) is 21.3 Å². The third-order valence-electron chi connectivity index (χ3n) is 3.59. The lowest BCUT2D eigenvalue weighted by molar-refractivity contribution is 0.102. The fourth-order valence-electron chi connectivity index (χ4n) is 2.40. The summed E-state index contributed by atoms with van der Waals surface area (Å²) in [6, 6.07) is 13.4. The molecule has 5 nitrogen and oxygen atoms in total. The van der Waals surface area contributed by atoms with E-state index in [2.05, 4.69) is 31.5 Å². The minimum atomic E-state index is 0.0450. The molecule has 0 atom stereocenters. The molecule has 0 N–H and O–H groups in total. The number of nitrogens with zero attached hydrogens (tertiary/aromatic N) is 4. The molecule has 3 rings (SSSR count). The van der Waals surface area contributed by atoms with E-state index >= 15 is 0 Å². The Morgan fingerprint density at radius 1 is 1.12 bits per heavy atom. The van der Waals surface area contributed by atoms with E-state index in [1.807, 2.05) is 44.2 Å². The maximum Gasteiger partial charge on any atom is 0.214 e. The van der Waals surface area contributed by atoms with Gasteiger partial charge in [-0.25, -0.2) is 0 Å². The lowest BCUT2D eigenvalue weighted by Crippen LogP contribution is -2.07. The lowest BCUT2D eigenvalue weighted by atomic mass is 10.1. The molecule has 0 aliphatic carbocycles. The summed E-state index contributed by atoms with van der Waals surface area (Å²) in [5.41, 5.74) is 3.81. The van der Waals surface area contributed by atoms with Crippen LogP contribution in [-0.4, -0.2) is 31.7 Å². The fourth-order valence-corrected chi connectivity index (χ4v) is 3.43. The van der Waals surface area contributed by atoms with Crippen molar-refractivity contribution in [2.45, 2.75) is 19.0 Å². The van der Waals surface area contributed by atoms with Crippen LogP contribution in [0.1, 0.15) is 21.5 Å². The number of hydrogen-bond acceptors (Lipinski definition) is 5. The third kappa shape index (κ3) is 3.57. The van der Waals surface area contributed by atoms with E-state index in [1.165, 1.54) is 11.8 Å². The summed E-state index contributed by atoms with van der Waals surface area (Å²) in [6.07, 6.45) is 0. The van der Waals surface area contributed by atoms with Crippen LogP contribution in [0.5, 0.6) is 0 Å². The van der Waals surface area contributed by atoms with Crippen LogP contribution in [0.15, 0.2) is 52.1 Å². The Bertz CT molecular complexity index is 856. The summed E-state index contributed by atoms with van der Waals surface area (Å²) >= 11 is 4.71. The zero-order valence-electron chi connectivity index (χ0n) is 13.2. The number of halogens is 1. The van der Waals surface area contributed by atoms with Crippen LogP contribution in [0, 0.1) is 13.8 Å². The Labute approximate surface area is 152 Å². The van der Waals surface area contributed by atoms with Crippen LogP contribution in [0.2, 0.25) is 0 Å². The van der Waals surface area contributed by atoms with Gasteiger partial charge in [-0.15, -0.1) is 5.10 Å². The van der Waals surface area contributed by atoms with E-state index in [1.54, 1.807) is 16.8 Å². The van der Waals surface area contributed by atoms with Gasteiger partial charge < -0.3 is 0 Å². The maximum absolute atomic E-state index is 12.3. The van der Waals surface area contributed by atoms with Gasteiger partial charge in [-0.2, -0.15) is 4.68 Å².